The lowest BCUT2D eigenvalue weighted by Crippen LogP contribution is -2.12. The van der Waals surface area contributed by atoms with Crippen LogP contribution in [0.1, 0.15) is 0 Å². The van der Waals surface area contributed by atoms with E-state index in [9.17, 15) is 13.2 Å². The number of primary sulfonamides is 1. The number of para-hydroxylation sites is 1. The van der Waals surface area contributed by atoms with Gasteiger partial charge in [0.05, 0.1) is 23.0 Å². The molecule has 0 bridgehead atoms. The van der Waals surface area contributed by atoms with E-state index >= 15 is 0 Å². The standard InChI is InChI=1S/C22H17NO5S/c1-27-16-6-4-5-15(13-16)20-21(24)18-7-2-3-8-19(18)28-22(20)14-9-11-17(12-10-14)29(23,25)26/h2-13H,1H3,(H2,23,25,26). The number of ether oxygens (including phenoxy) is 1. The zero-order valence-electron chi connectivity index (χ0n) is 15.5. The first-order valence-electron chi connectivity index (χ1n) is 8.72. The second-order valence-corrected chi connectivity index (χ2v) is 7.99. The van der Waals surface area contributed by atoms with Crippen molar-refractivity contribution in [1.29, 1.82) is 0 Å². The van der Waals surface area contributed by atoms with Gasteiger partial charge in [0.15, 0.2) is 0 Å². The lowest BCUT2D eigenvalue weighted by atomic mass is 9.98. The van der Waals surface area contributed by atoms with Crippen LogP contribution in [-0.2, 0) is 10.0 Å². The van der Waals surface area contributed by atoms with Gasteiger partial charge in [0.2, 0.25) is 15.5 Å². The average molecular weight is 407 g/mol. The number of methoxy groups -OCH3 is 1. The first kappa shape index (κ1) is 18.9. The molecule has 2 N–H and O–H groups in total. The maximum atomic E-state index is 13.3. The molecule has 0 aliphatic rings. The van der Waals surface area contributed by atoms with E-state index in [0.717, 1.165) is 0 Å². The van der Waals surface area contributed by atoms with E-state index in [1.165, 1.54) is 12.1 Å². The number of fused-ring (bicyclic) bond motifs is 1. The van der Waals surface area contributed by atoms with E-state index in [0.29, 0.717) is 39.2 Å². The van der Waals surface area contributed by atoms with Crippen molar-refractivity contribution >= 4 is 21.0 Å². The third kappa shape index (κ3) is 3.53. The molecule has 0 aliphatic heterocycles. The van der Waals surface area contributed by atoms with Crippen LogP contribution < -0.4 is 15.3 Å². The number of nitrogens with two attached hydrogens (primary N) is 1. The molecule has 1 aromatic heterocycles. The van der Waals surface area contributed by atoms with E-state index in [2.05, 4.69) is 0 Å². The Labute approximate surface area is 167 Å². The molecule has 0 radical (unpaired) electrons. The number of sulfonamides is 1. The van der Waals surface area contributed by atoms with Crippen molar-refractivity contribution in [1.82, 2.24) is 0 Å². The van der Waals surface area contributed by atoms with E-state index in [-0.39, 0.29) is 10.3 Å². The molecule has 29 heavy (non-hydrogen) atoms. The summed E-state index contributed by atoms with van der Waals surface area (Å²) in [5.41, 5.74) is 1.80. The molecule has 4 aromatic rings. The van der Waals surface area contributed by atoms with Gasteiger partial charge in [-0.05, 0) is 54.1 Å². The van der Waals surface area contributed by atoms with Gasteiger partial charge in [-0.3, -0.25) is 4.79 Å². The number of benzene rings is 3. The summed E-state index contributed by atoms with van der Waals surface area (Å²) in [6.45, 7) is 0. The summed E-state index contributed by atoms with van der Waals surface area (Å²) in [4.78, 5) is 13.3. The average Bonchev–Trinajstić information content (AvgIpc) is 2.73. The van der Waals surface area contributed by atoms with Gasteiger partial charge >= 0.3 is 0 Å². The molecule has 3 aromatic carbocycles. The summed E-state index contributed by atoms with van der Waals surface area (Å²) in [5.74, 6) is 0.938. The van der Waals surface area contributed by atoms with Crippen LogP contribution in [0, 0.1) is 0 Å². The van der Waals surface area contributed by atoms with Gasteiger partial charge in [0.25, 0.3) is 0 Å². The number of hydrogen-bond donors (Lipinski definition) is 1. The van der Waals surface area contributed by atoms with Gasteiger partial charge in [-0.1, -0.05) is 24.3 Å². The number of hydrogen-bond acceptors (Lipinski definition) is 5. The van der Waals surface area contributed by atoms with Gasteiger partial charge < -0.3 is 9.15 Å². The summed E-state index contributed by atoms with van der Waals surface area (Å²) < 4.78 is 34.5. The molecule has 7 heteroatoms. The molecule has 1 heterocycles. The summed E-state index contributed by atoms with van der Waals surface area (Å²) in [6, 6.07) is 20.0. The molecule has 146 valence electrons. The van der Waals surface area contributed by atoms with E-state index in [1.807, 2.05) is 0 Å². The molecule has 0 saturated heterocycles. The second kappa shape index (κ2) is 7.20. The normalized spacial score (nSPS) is 11.5. The van der Waals surface area contributed by atoms with Crippen molar-refractivity contribution in [3.63, 3.8) is 0 Å². The summed E-state index contributed by atoms with van der Waals surface area (Å²) in [6.07, 6.45) is 0. The van der Waals surface area contributed by atoms with Crippen molar-refractivity contribution in [2.75, 3.05) is 7.11 Å². The minimum absolute atomic E-state index is 0.0210. The molecule has 0 atom stereocenters. The Morgan fingerprint density at radius 1 is 0.897 bits per heavy atom. The van der Waals surface area contributed by atoms with Crippen molar-refractivity contribution in [2.45, 2.75) is 4.90 Å². The zero-order chi connectivity index (χ0) is 20.6. The largest absolute Gasteiger partial charge is 0.497 e. The summed E-state index contributed by atoms with van der Waals surface area (Å²) >= 11 is 0. The first-order chi connectivity index (χ1) is 13.9. The molecule has 6 nitrogen and oxygen atoms in total. The van der Waals surface area contributed by atoms with Gasteiger partial charge in [0, 0.05) is 5.56 Å². The predicted molar refractivity (Wildman–Crippen MR) is 111 cm³/mol. The van der Waals surface area contributed by atoms with Crippen LogP contribution in [0.15, 0.2) is 86.9 Å². The van der Waals surface area contributed by atoms with Crippen LogP contribution in [0.4, 0.5) is 0 Å². The quantitative estimate of drug-likeness (QED) is 0.555. The van der Waals surface area contributed by atoms with Crippen LogP contribution in [-0.4, -0.2) is 15.5 Å². The van der Waals surface area contributed by atoms with Gasteiger partial charge in [-0.15, -0.1) is 0 Å². The third-order valence-electron chi connectivity index (χ3n) is 4.60. The van der Waals surface area contributed by atoms with Crippen LogP contribution in [0.5, 0.6) is 5.75 Å². The van der Waals surface area contributed by atoms with E-state index in [4.69, 9.17) is 14.3 Å². The highest BCUT2D eigenvalue weighted by Gasteiger charge is 2.19. The van der Waals surface area contributed by atoms with E-state index in [1.54, 1.807) is 67.8 Å². The van der Waals surface area contributed by atoms with Crippen LogP contribution >= 0.6 is 0 Å². The lowest BCUT2D eigenvalue weighted by Gasteiger charge is -2.12. The van der Waals surface area contributed by atoms with E-state index < -0.39 is 10.0 Å². The van der Waals surface area contributed by atoms with Crippen LogP contribution in [0.2, 0.25) is 0 Å². The topological polar surface area (TPSA) is 99.6 Å². The second-order valence-electron chi connectivity index (χ2n) is 6.43. The Kier molecular flexibility index (Phi) is 4.70. The fourth-order valence-corrected chi connectivity index (χ4v) is 3.70. The first-order valence-corrected chi connectivity index (χ1v) is 10.3. The van der Waals surface area contributed by atoms with Crippen LogP contribution in [0.3, 0.4) is 0 Å². The van der Waals surface area contributed by atoms with Gasteiger partial charge in [0.1, 0.15) is 17.1 Å². The molecule has 0 unspecified atom stereocenters. The maximum Gasteiger partial charge on any atom is 0.238 e. The lowest BCUT2D eigenvalue weighted by molar-refractivity contribution is 0.415. The fraction of sp³-hybridized carbons (Fsp3) is 0.0455. The van der Waals surface area contributed by atoms with Crippen LogP contribution in [0.25, 0.3) is 33.4 Å². The smallest absolute Gasteiger partial charge is 0.238 e. The molecule has 0 saturated carbocycles. The fourth-order valence-electron chi connectivity index (χ4n) is 3.18. The van der Waals surface area contributed by atoms with Crippen molar-refractivity contribution in [2.24, 2.45) is 5.14 Å². The van der Waals surface area contributed by atoms with Crippen molar-refractivity contribution in [3.8, 4) is 28.2 Å². The summed E-state index contributed by atoms with van der Waals surface area (Å²) in [7, 11) is -2.27. The number of rotatable bonds is 4. The molecular weight excluding hydrogens is 390 g/mol. The molecule has 0 amide bonds. The minimum atomic E-state index is -3.82. The van der Waals surface area contributed by atoms with Gasteiger partial charge in [-0.25, -0.2) is 13.6 Å². The molecule has 0 aliphatic carbocycles. The Morgan fingerprint density at radius 3 is 2.31 bits per heavy atom. The Balaban J connectivity index is 2.03. The highest BCUT2D eigenvalue weighted by molar-refractivity contribution is 7.89. The Bertz CT molecular complexity index is 1370. The Hall–Kier alpha value is -3.42. The molecular formula is C22H17NO5S. The maximum absolute atomic E-state index is 13.3. The highest BCUT2D eigenvalue weighted by Crippen LogP contribution is 2.34. The third-order valence-corrected chi connectivity index (χ3v) is 5.53. The van der Waals surface area contributed by atoms with Gasteiger partial charge in [-0.2, -0.15) is 0 Å². The minimum Gasteiger partial charge on any atom is -0.497 e. The Morgan fingerprint density at radius 2 is 1.62 bits per heavy atom. The SMILES string of the molecule is COc1cccc(-c2c(-c3ccc(S(N)(=O)=O)cc3)oc3ccccc3c2=O)c1. The van der Waals surface area contributed by atoms with Crippen molar-refractivity contribution < 1.29 is 17.6 Å². The van der Waals surface area contributed by atoms with Crippen molar-refractivity contribution in [3.05, 3.63) is 83.0 Å². The predicted octanol–water partition coefficient (Wildman–Crippen LogP) is 3.78. The summed E-state index contributed by atoms with van der Waals surface area (Å²) in [5, 5.41) is 5.64. The monoisotopic (exact) mass is 407 g/mol. The molecule has 0 spiro atoms. The molecule has 0 fully saturated rings. The highest BCUT2D eigenvalue weighted by atomic mass is 32.2. The zero-order valence-corrected chi connectivity index (χ0v) is 16.3. The molecule has 4 rings (SSSR count).